The van der Waals surface area contributed by atoms with E-state index in [-0.39, 0.29) is 27.3 Å². The van der Waals surface area contributed by atoms with Crippen molar-refractivity contribution in [2.24, 2.45) is 0 Å². The molecule has 1 aromatic carbocycles. The van der Waals surface area contributed by atoms with Crippen molar-refractivity contribution >= 4 is 49.9 Å². The van der Waals surface area contributed by atoms with Crippen molar-refractivity contribution in [2.45, 2.75) is 16.2 Å². The molecule has 0 radical (unpaired) electrons. The molecule has 0 bridgehead atoms. The van der Waals surface area contributed by atoms with Gasteiger partial charge in [-0.25, -0.2) is 8.42 Å². The summed E-state index contributed by atoms with van der Waals surface area (Å²) >= 11 is 2.27. The average molecular weight is 401 g/mol. The van der Waals surface area contributed by atoms with Crippen LogP contribution in [0.5, 0.6) is 0 Å². The molecule has 2 aromatic rings. The highest BCUT2D eigenvalue weighted by Crippen LogP contribution is 2.26. The molecule has 11 heteroatoms. The first-order valence-electron chi connectivity index (χ1n) is 7.03. The van der Waals surface area contributed by atoms with E-state index in [0.717, 1.165) is 29.4 Å². The summed E-state index contributed by atoms with van der Waals surface area (Å²) in [6, 6.07) is 5.71. The van der Waals surface area contributed by atoms with Crippen LogP contribution in [0.15, 0.2) is 33.5 Å². The van der Waals surface area contributed by atoms with E-state index in [1.165, 1.54) is 24.3 Å². The van der Waals surface area contributed by atoms with Gasteiger partial charge in [-0.3, -0.25) is 14.9 Å². The number of amides is 1. The fourth-order valence-electron chi connectivity index (χ4n) is 1.68. The number of nitrogens with one attached hydrogen (secondary N) is 1. The van der Waals surface area contributed by atoms with Gasteiger partial charge in [-0.1, -0.05) is 29.2 Å². The number of hydrogen-bond donors (Lipinski definition) is 1. The van der Waals surface area contributed by atoms with Gasteiger partial charge in [0, 0.05) is 11.8 Å². The number of hydrogen-bond acceptors (Lipinski definition) is 9. The van der Waals surface area contributed by atoms with Gasteiger partial charge in [-0.05, 0) is 25.1 Å². The standard InChI is InChI=1S/C14H15N3O5S3/c1-3-22-11(18)8-23-14-17-16-13(24-14)15-12(19)9-5-4-6-10(7-9)25(2,20)21/h4-7H,3,8H2,1-2H3,(H,15,16,19). The van der Waals surface area contributed by atoms with E-state index >= 15 is 0 Å². The molecule has 0 aliphatic carbocycles. The van der Waals surface area contributed by atoms with Crippen molar-refractivity contribution in [2.75, 3.05) is 23.9 Å². The number of ether oxygens (including phenoxy) is 1. The van der Waals surface area contributed by atoms with Gasteiger partial charge in [-0.2, -0.15) is 0 Å². The summed E-state index contributed by atoms with van der Waals surface area (Å²) in [5, 5.41) is 10.5. The predicted octanol–water partition coefficient (Wildman–Crippen LogP) is 1.85. The van der Waals surface area contributed by atoms with Gasteiger partial charge in [0.2, 0.25) is 5.13 Å². The highest BCUT2D eigenvalue weighted by atomic mass is 32.2. The molecule has 25 heavy (non-hydrogen) atoms. The second-order valence-electron chi connectivity index (χ2n) is 4.72. The van der Waals surface area contributed by atoms with Gasteiger partial charge in [0.15, 0.2) is 14.2 Å². The zero-order valence-corrected chi connectivity index (χ0v) is 15.8. The largest absolute Gasteiger partial charge is 0.465 e. The van der Waals surface area contributed by atoms with Gasteiger partial charge in [-0.15, -0.1) is 10.2 Å². The van der Waals surface area contributed by atoms with E-state index in [1.54, 1.807) is 6.92 Å². The zero-order valence-electron chi connectivity index (χ0n) is 13.4. The summed E-state index contributed by atoms with van der Waals surface area (Å²) in [5.41, 5.74) is 0.193. The maximum absolute atomic E-state index is 12.2. The normalized spacial score (nSPS) is 11.1. The van der Waals surface area contributed by atoms with Crippen LogP contribution in [0.3, 0.4) is 0 Å². The molecule has 1 N–H and O–H groups in total. The van der Waals surface area contributed by atoms with Crippen molar-refractivity contribution in [1.82, 2.24) is 10.2 Å². The van der Waals surface area contributed by atoms with E-state index in [2.05, 4.69) is 15.5 Å². The fourth-order valence-corrected chi connectivity index (χ4v) is 3.89. The lowest BCUT2D eigenvalue weighted by atomic mass is 10.2. The van der Waals surface area contributed by atoms with E-state index in [4.69, 9.17) is 4.74 Å². The molecule has 0 aliphatic rings. The van der Waals surface area contributed by atoms with Crippen LogP contribution in [-0.2, 0) is 19.4 Å². The van der Waals surface area contributed by atoms with Crippen LogP contribution >= 0.6 is 23.1 Å². The first-order valence-corrected chi connectivity index (χ1v) is 10.7. The molecule has 0 fully saturated rings. The van der Waals surface area contributed by atoms with Gasteiger partial charge in [0.05, 0.1) is 17.3 Å². The summed E-state index contributed by atoms with van der Waals surface area (Å²) in [5.74, 6) is -0.748. The Hall–Kier alpha value is -1.98. The number of nitrogens with zero attached hydrogens (tertiary/aromatic N) is 2. The van der Waals surface area contributed by atoms with Gasteiger partial charge in [0.1, 0.15) is 0 Å². The van der Waals surface area contributed by atoms with Gasteiger partial charge in [0.25, 0.3) is 5.91 Å². The minimum absolute atomic E-state index is 0.0584. The molecule has 8 nitrogen and oxygen atoms in total. The Balaban J connectivity index is 2.01. The molecule has 0 saturated carbocycles. The number of rotatable bonds is 7. The van der Waals surface area contributed by atoms with Crippen LogP contribution in [0.1, 0.15) is 17.3 Å². The molecule has 0 saturated heterocycles. The third-order valence-corrected chi connectivity index (χ3v) is 5.83. The number of carbonyl (C=O) groups is 2. The lowest BCUT2D eigenvalue weighted by Gasteiger charge is -2.03. The van der Waals surface area contributed by atoms with Crippen molar-refractivity contribution in [3.8, 4) is 0 Å². The van der Waals surface area contributed by atoms with E-state index in [9.17, 15) is 18.0 Å². The van der Waals surface area contributed by atoms with E-state index in [1.807, 2.05) is 0 Å². The van der Waals surface area contributed by atoms with Crippen LogP contribution in [0.25, 0.3) is 0 Å². The minimum Gasteiger partial charge on any atom is -0.465 e. The van der Waals surface area contributed by atoms with Gasteiger partial charge >= 0.3 is 5.97 Å². The quantitative estimate of drug-likeness (QED) is 0.425. The van der Waals surface area contributed by atoms with E-state index in [0.29, 0.717) is 10.9 Å². The first kappa shape index (κ1) is 19.3. The lowest BCUT2D eigenvalue weighted by Crippen LogP contribution is -2.12. The third kappa shape index (κ3) is 5.80. The summed E-state index contributed by atoms with van der Waals surface area (Å²) in [4.78, 5) is 23.6. The summed E-state index contributed by atoms with van der Waals surface area (Å²) < 4.78 is 28.4. The van der Waals surface area contributed by atoms with Crippen LogP contribution < -0.4 is 5.32 Å². The average Bonchev–Trinajstić information content (AvgIpc) is 3.00. The van der Waals surface area contributed by atoms with Crippen molar-refractivity contribution in [1.29, 1.82) is 0 Å². The maximum Gasteiger partial charge on any atom is 0.316 e. The molecular formula is C14H15N3O5S3. The monoisotopic (exact) mass is 401 g/mol. The molecule has 1 amide bonds. The van der Waals surface area contributed by atoms with Gasteiger partial charge < -0.3 is 4.74 Å². The predicted molar refractivity (Wildman–Crippen MR) is 94.8 cm³/mol. The summed E-state index contributed by atoms with van der Waals surface area (Å²) in [6.45, 7) is 2.03. The number of benzene rings is 1. The highest BCUT2D eigenvalue weighted by molar-refractivity contribution is 8.01. The van der Waals surface area contributed by atoms with Crippen molar-refractivity contribution in [3.63, 3.8) is 0 Å². The van der Waals surface area contributed by atoms with Crippen molar-refractivity contribution in [3.05, 3.63) is 29.8 Å². The zero-order chi connectivity index (χ0) is 18.4. The molecule has 0 unspecified atom stereocenters. The molecule has 1 heterocycles. The summed E-state index contributed by atoms with van der Waals surface area (Å²) in [7, 11) is -3.40. The highest BCUT2D eigenvalue weighted by Gasteiger charge is 2.14. The molecule has 0 spiro atoms. The van der Waals surface area contributed by atoms with Crippen LogP contribution in [0.4, 0.5) is 5.13 Å². The molecule has 0 aliphatic heterocycles. The van der Waals surface area contributed by atoms with E-state index < -0.39 is 15.7 Å². The Bertz CT molecular complexity index is 879. The second kappa shape index (κ2) is 8.41. The Morgan fingerprint density at radius 2 is 2.08 bits per heavy atom. The Labute approximate surface area is 152 Å². The molecular weight excluding hydrogens is 386 g/mol. The topological polar surface area (TPSA) is 115 Å². The smallest absolute Gasteiger partial charge is 0.316 e. The van der Waals surface area contributed by atoms with Crippen molar-refractivity contribution < 1.29 is 22.7 Å². The van der Waals surface area contributed by atoms with Crippen LogP contribution in [-0.4, -0.2) is 49.1 Å². The number of esters is 1. The number of aromatic nitrogens is 2. The summed E-state index contributed by atoms with van der Waals surface area (Å²) in [6.07, 6.45) is 1.07. The first-order chi connectivity index (χ1) is 11.8. The Morgan fingerprint density at radius 3 is 2.76 bits per heavy atom. The number of anilines is 1. The van der Waals surface area contributed by atoms with Crippen LogP contribution in [0, 0.1) is 0 Å². The lowest BCUT2D eigenvalue weighted by molar-refractivity contribution is -0.139. The maximum atomic E-state index is 12.2. The number of sulfone groups is 1. The number of carbonyl (C=O) groups excluding carboxylic acids is 2. The Morgan fingerprint density at radius 1 is 1.32 bits per heavy atom. The molecule has 134 valence electrons. The SMILES string of the molecule is CCOC(=O)CSc1nnc(NC(=O)c2cccc(S(C)(=O)=O)c2)s1. The van der Waals surface area contributed by atoms with Crippen LogP contribution in [0.2, 0.25) is 0 Å². The second-order valence-corrected chi connectivity index (χ2v) is 8.94. The molecule has 2 rings (SSSR count). The Kier molecular flexibility index (Phi) is 6.51. The minimum atomic E-state index is -3.40. The molecule has 1 aromatic heterocycles. The number of thioether (sulfide) groups is 1. The fraction of sp³-hybridized carbons (Fsp3) is 0.286. The third-order valence-electron chi connectivity index (χ3n) is 2.77. The molecule has 0 atom stereocenters.